The van der Waals surface area contributed by atoms with Gasteiger partial charge in [-0.2, -0.15) is 0 Å². The average molecular weight is 388 g/mol. The normalized spacial score (nSPS) is 16.6. The molecule has 0 saturated heterocycles. The largest absolute Gasteiger partial charge is 0.380 e. The molecular formula is C22H26F2N2O2. The SMILES string of the molecule is COCc1ccc2c(c1)CCNC2C(=O)Nc1cc(F)c(C(C)(C)C)c(F)c1. The highest BCUT2D eigenvalue weighted by molar-refractivity contribution is 5.96. The number of rotatable bonds is 4. The smallest absolute Gasteiger partial charge is 0.246 e. The molecule has 2 aromatic carbocycles. The molecule has 1 aliphatic heterocycles. The molecular weight excluding hydrogens is 362 g/mol. The summed E-state index contributed by atoms with van der Waals surface area (Å²) < 4.78 is 34.0. The predicted molar refractivity (Wildman–Crippen MR) is 105 cm³/mol. The monoisotopic (exact) mass is 388 g/mol. The number of hydrogen-bond acceptors (Lipinski definition) is 3. The van der Waals surface area contributed by atoms with Crippen molar-refractivity contribution in [2.45, 2.75) is 45.3 Å². The molecule has 6 heteroatoms. The molecule has 0 aliphatic carbocycles. The third kappa shape index (κ3) is 4.23. The van der Waals surface area contributed by atoms with Gasteiger partial charge in [0.25, 0.3) is 0 Å². The highest BCUT2D eigenvalue weighted by atomic mass is 19.1. The van der Waals surface area contributed by atoms with Crippen LogP contribution in [0.3, 0.4) is 0 Å². The number of carbonyl (C=O) groups is 1. The van der Waals surface area contributed by atoms with E-state index < -0.39 is 23.1 Å². The average Bonchev–Trinajstić information content (AvgIpc) is 2.59. The van der Waals surface area contributed by atoms with E-state index in [1.807, 2.05) is 18.2 Å². The Morgan fingerprint density at radius 1 is 1.21 bits per heavy atom. The minimum atomic E-state index is -0.666. The third-order valence-electron chi connectivity index (χ3n) is 4.89. The fourth-order valence-electron chi connectivity index (χ4n) is 3.68. The van der Waals surface area contributed by atoms with Crippen LogP contribution in [0.4, 0.5) is 14.5 Å². The van der Waals surface area contributed by atoms with Crippen molar-refractivity contribution in [2.24, 2.45) is 0 Å². The van der Waals surface area contributed by atoms with Gasteiger partial charge < -0.3 is 15.4 Å². The van der Waals surface area contributed by atoms with Crippen LogP contribution in [-0.4, -0.2) is 19.6 Å². The van der Waals surface area contributed by atoms with Gasteiger partial charge in [-0.3, -0.25) is 4.79 Å². The van der Waals surface area contributed by atoms with Gasteiger partial charge in [-0.15, -0.1) is 0 Å². The maximum Gasteiger partial charge on any atom is 0.246 e. The zero-order valence-electron chi connectivity index (χ0n) is 16.7. The molecule has 3 rings (SSSR count). The van der Waals surface area contributed by atoms with Crippen molar-refractivity contribution in [2.75, 3.05) is 19.0 Å². The van der Waals surface area contributed by atoms with Gasteiger partial charge in [-0.1, -0.05) is 39.0 Å². The highest BCUT2D eigenvalue weighted by Crippen LogP contribution is 2.31. The molecule has 1 amide bonds. The summed E-state index contributed by atoms with van der Waals surface area (Å²) in [5.41, 5.74) is 2.45. The lowest BCUT2D eigenvalue weighted by Crippen LogP contribution is -2.38. The summed E-state index contributed by atoms with van der Waals surface area (Å²) in [6.07, 6.45) is 0.806. The van der Waals surface area contributed by atoms with Gasteiger partial charge in [0.15, 0.2) is 0 Å². The number of ether oxygens (including phenoxy) is 1. The maximum absolute atomic E-state index is 14.4. The minimum absolute atomic E-state index is 0.0114. The highest BCUT2D eigenvalue weighted by Gasteiger charge is 2.28. The molecule has 2 aromatic rings. The first-order valence-corrected chi connectivity index (χ1v) is 9.35. The molecule has 1 unspecified atom stereocenters. The maximum atomic E-state index is 14.4. The lowest BCUT2D eigenvalue weighted by molar-refractivity contribution is -0.118. The molecule has 2 N–H and O–H groups in total. The summed E-state index contributed by atoms with van der Waals surface area (Å²) in [6, 6.07) is 7.64. The van der Waals surface area contributed by atoms with Gasteiger partial charge >= 0.3 is 0 Å². The Hall–Kier alpha value is -2.31. The molecule has 4 nitrogen and oxygen atoms in total. The summed E-state index contributed by atoms with van der Waals surface area (Å²) in [4.78, 5) is 12.8. The van der Waals surface area contributed by atoms with Crippen LogP contribution in [0.25, 0.3) is 0 Å². The molecule has 28 heavy (non-hydrogen) atoms. The van der Waals surface area contributed by atoms with Crippen LogP contribution in [0.15, 0.2) is 30.3 Å². The second kappa shape index (κ2) is 7.97. The Balaban J connectivity index is 1.83. The second-order valence-electron chi connectivity index (χ2n) is 8.16. The van der Waals surface area contributed by atoms with Crippen molar-refractivity contribution in [3.63, 3.8) is 0 Å². The van der Waals surface area contributed by atoms with Crippen molar-refractivity contribution in [1.29, 1.82) is 0 Å². The fourth-order valence-corrected chi connectivity index (χ4v) is 3.68. The first-order chi connectivity index (χ1) is 13.2. The van der Waals surface area contributed by atoms with Crippen molar-refractivity contribution < 1.29 is 18.3 Å². The number of benzene rings is 2. The topological polar surface area (TPSA) is 50.4 Å². The van der Waals surface area contributed by atoms with Crippen LogP contribution in [0.2, 0.25) is 0 Å². The van der Waals surface area contributed by atoms with Gasteiger partial charge in [0.1, 0.15) is 17.7 Å². The van der Waals surface area contributed by atoms with Gasteiger partial charge in [0.2, 0.25) is 5.91 Å². The first kappa shape index (κ1) is 20.4. The molecule has 0 aromatic heterocycles. The third-order valence-corrected chi connectivity index (χ3v) is 4.89. The quantitative estimate of drug-likeness (QED) is 0.824. The molecule has 150 valence electrons. The number of methoxy groups -OCH3 is 1. The van der Waals surface area contributed by atoms with E-state index in [1.165, 1.54) is 12.1 Å². The Morgan fingerprint density at radius 3 is 2.50 bits per heavy atom. The van der Waals surface area contributed by atoms with E-state index in [2.05, 4.69) is 10.6 Å². The van der Waals surface area contributed by atoms with Gasteiger partial charge in [0, 0.05) is 24.9 Å². The van der Waals surface area contributed by atoms with Gasteiger partial charge in [0.05, 0.1) is 6.61 Å². The second-order valence-corrected chi connectivity index (χ2v) is 8.16. The first-order valence-electron chi connectivity index (χ1n) is 9.35. The zero-order chi connectivity index (χ0) is 20.5. The van der Waals surface area contributed by atoms with E-state index in [4.69, 9.17) is 4.74 Å². The van der Waals surface area contributed by atoms with Crippen LogP contribution in [-0.2, 0) is 28.0 Å². The summed E-state index contributed by atoms with van der Waals surface area (Å²) >= 11 is 0. The molecule has 0 fully saturated rings. The number of nitrogens with one attached hydrogen (secondary N) is 2. The molecule has 1 heterocycles. The number of carbonyl (C=O) groups excluding carboxylic acids is 1. The van der Waals surface area contributed by atoms with Crippen molar-refractivity contribution in [1.82, 2.24) is 5.32 Å². The molecule has 0 radical (unpaired) electrons. The van der Waals surface area contributed by atoms with E-state index in [-0.39, 0.29) is 17.2 Å². The number of hydrogen-bond donors (Lipinski definition) is 2. The van der Waals surface area contributed by atoms with Crippen LogP contribution in [0.1, 0.15) is 49.1 Å². The van der Waals surface area contributed by atoms with Crippen LogP contribution >= 0.6 is 0 Å². The Kier molecular flexibility index (Phi) is 5.82. The fraction of sp³-hybridized carbons (Fsp3) is 0.409. The Bertz CT molecular complexity index is 868. The standard InChI is InChI=1S/C22H26F2N2O2/c1-22(2,3)19-17(23)10-15(11-18(19)24)26-21(27)20-16-6-5-13(12-28-4)9-14(16)7-8-25-20/h5-6,9-11,20,25H,7-8,12H2,1-4H3,(H,26,27). The van der Waals surface area contributed by atoms with E-state index in [9.17, 15) is 13.6 Å². The van der Waals surface area contributed by atoms with Crippen molar-refractivity contribution in [3.05, 3.63) is 64.2 Å². The number of anilines is 1. The van der Waals surface area contributed by atoms with E-state index in [1.54, 1.807) is 27.9 Å². The molecule has 1 aliphatic rings. The van der Waals surface area contributed by atoms with Crippen LogP contribution < -0.4 is 10.6 Å². The predicted octanol–water partition coefficient (Wildman–Crippen LogP) is 4.23. The molecule has 1 atom stereocenters. The summed E-state index contributed by atoms with van der Waals surface area (Å²) in [6.45, 7) is 6.39. The summed E-state index contributed by atoms with van der Waals surface area (Å²) in [7, 11) is 1.64. The zero-order valence-corrected chi connectivity index (χ0v) is 16.7. The summed E-state index contributed by atoms with van der Waals surface area (Å²) in [5.74, 6) is -1.67. The number of fused-ring (bicyclic) bond motifs is 1. The summed E-state index contributed by atoms with van der Waals surface area (Å²) in [5, 5.41) is 5.83. The van der Waals surface area contributed by atoms with E-state index >= 15 is 0 Å². The molecule has 0 bridgehead atoms. The Morgan fingerprint density at radius 2 is 1.89 bits per heavy atom. The lowest BCUT2D eigenvalue weighted by atomic mass is 9.86. The minimum Gasteiger partial charge on any atom is -0.380 e. The van der Waals surface area contributed by atoms with Gasteiger partial charge in [-0.05, 0) is 40.7 Å². The Labute approximate surface area is 164 Å². The van der Waals surface area contributed by atoms with E-state index in [0.29, 0.717) is 13.2 Å². The molecule has 0 saturated carbocycles. The number of amides is 1. The van der Waals surface area contributed by atoms with E-state index in [0.717, 1.165) is 23.1 Å². The van der Waals surface area contributed by atoms with Crippen molar-refractivity contribution in [3.8, 4) is 0 Å². The van der Waals surface area contributed by atoms with Crippen LogP contribution in [0, 0.1) is 11.6 Å². The molecule has 0 spiro atoms. The van der Waals surface area contributed by atoms with Crippen molar-refractivity contribution >= 4 is 11.6 Å². The van der Waals surface area contributed by atoms with Crippen LogP contribution in [0.5, 0.6) is 0 Å². The lowest BCUT2D eigenvalue weighted by Gasteiger charge is -2.27. The number of halogens is 2. The van der Waals surface area contributed by atoms with Gasteiger partial charge in [-0.25, -0.2) is 8.78 Å².